The van der Waals surface area contributed by atoms with Crippen molar-refractivity contribution in [1.29, 1.82) is 0 Å². The Morgan fingerprint density at radius 1 is 1.00 bits per heavy atom. The van der Waals surface area contributed by atoms with Crippen LogP contribution in [0.2, 0.25) is 0 Å². The molecule has 2 aromatic heterocycles. The first kappa shape index (κ1) is 23.8. The van der Waals surface area contributed by atoms with Gasteiger partial charge in [-0.3, -0.25) is 24.5 Å². The molecule has 1 spiro atoms. The number of hydrogen-bond acceptors (Lipinski definition) is 5. The molecule has 1 aromatic carbocycles. The Kier molecular flexibility index (Phi) is 6.03. The molecule has 3 aromatic rings. The van der Waals surface area contributed by atoms with Crippen LogP contribution in [0.25, 0.3) is 11.1 Å². The summed E-state index contributed by atoms with van der Waals surface area (Å²) >= 11 is 0. The lowest BCUT2D eigenvalue weighted by Crippen LogP contribution is -2.61. The number of pyridine rings is 2. The van der Waals surface area contributed by atoms with Crippen LogP contribution in [0.4, 0.5) is 0 Å². The van der Waals surface area contributed by atoms with Crippen LogP contribution in [0.15, 0.2) is 54.9 Å². The van der Waals surface area contributed by atoms with E-state index in [1.807, 2.05) is 36.2 Å². The molecular formula is C30H33N5O2. The second-order valence-corrected chi connectivity index (χ2v) is 11.1. The number of nitrogens with two attached hydrogens (primary N) is 1. The van der Waals surface area contributed by atoms with E-state index in [1.54, 1.807) is 12.3 Å². The lowest BCUT2D eigenvalue weighted by Gasteiger charge is -2.56. The number of rotatable bonds is 5. The molecule has 4 heterocycles. The molecule has 2 aliphatic heterocycles. The average molecular weight is 496 g/mol. The Labute approximate surface area is 217 Å². The van der Waals surface area contributed by atoms with Gasteiger partial charge in [0, 0.05) is 55.9 Å². The zero-order valence-electron chi connectivity index (χ0n) is 21.3. The Balaban J connectivity index is 1.04. The van der Waals surface area contributed by atoms with Crippen LogP contribution in [0.3, 0.4) is 0 Å². The Bertz CT molecular complexity index is 1320. The largest absolute Gasteiger partial charge is 0.364 e. The summed E-state index contributed by atoms with van der Waals surface area (Å²) in [6, 6.07) is 14.8. The summed E-state index contributed by atoms with van der Waals surface area (Å²) in [7, 11) is 0. The van der Waals surface area contributed by atoms with Crippen molar-refractivity contribution in [2.75, 3.05) is 26.2 Å². The van der Waals surface area contributed by atoms with Crippen LogP contribution in [0, 0.1) is 12.3 Å². The van der Waals surface area contributed by atoms with Crippen molar-refractivity contribution in [3.8, 4) is 11.1 Å². The van der Waals surface area contributed by atoms with Gasteiger partial charge in [0.15, 0.2) is 0 Å². The van der Waals surface area contributed by atoms with Crippen LogP contribution < -0.4 is 5.73 Å². The third-order valence-electron chi connectivity index (χ3n) is 8.54. The molecule has 0 saturated carbocycles. The number of hydrogen-bond donors (Lipinski definition) is 1. The van der Waals surface area contributed by atoms with Crippen LogP contribution in [0.5, 0.6) is 0 Å². The molecule has 37 heavy (non-hydrogen) atoms. The molecule has 2 saturated heterocycles. The number of piperidine rings is 1. The number of fused-ring (bicyclic) bond motifs is 1. The molecular weight excluding hydrogens is 462 g/mol. The minimum atomic E-state index is -0.507. The van der Waals surface area contributed by atoms with E-state index in [4.69, 9.17) is 5.73 Å². The molecule has 2 fully saturated rings. The van der Waals surface area contributed by atoms with Gasteiger partial charge in [-0.25, -0.2) is 0 Å². The second-order valence-electron chi connectivity index (χ2n) is 11.1. The fraction of sp³-hybridized carbons (Fsp3) is 0.400. The van der Waals surface area contributed by atoms with Crippen LogP contribution in [-0.4, -0.2) is 57.8 Å². The van der Waals surface area contributed by atoms with Gasteiger partial charge in [-0.1, -0.05) is 30.3 Å². The van der Waals surface area contributed by atoms with E-state index in [0.29, 0.717) is 17.9 Å². The van der Waals surface area contributed by atoms with Crippen molar-refractivity contribution in [3.05, 3.63) is 82.9 Å². The fourth-order valence-corrected chi connectivity index (χ4v) is 6.32. The van der Waals surface area contributed by atoms with E-state index in [9.17, 15) is 9.59 Å². The lowest BCUT2D eigenvalue weighted by atomic mass is 9.71. The van der Waals surface area contributed by atoms with Crippen molar-refractivity contribution in [1.82, 2.24) is 19.8 Å². The van der Waals surface area contributed by atoms with Gasteiger partial charge in [0.2, 0.25) is 5.91 Å². The summed E-state index contributed by atoms with van der Waals surface area (Å²) in [5, 5.41) is 0. The molecule has 190 valence electrons. The van der Waals surface area contributed by atoms with E-state index >= 15 is 0 Å². The molecule has 7 heteroatoms. The Morgan fingerprint density at radius 2 is 1.78 bits per heavy atom. The minimum absolute atomic E-state index is 0.197. The molecule has 0 radical (unpaired) electrons. The minimum Gasteiger partial charge on any atom is -0.364 e. The van der Waals surface area contributed by atoms with E-state index in [0.717, 1.165) is 74.2 Å². The maximum absolute atomic E-state index is 12.8. The highest BCUT2D eigenvalue weighted by atomic mass is 16.2. The Hall–Kier alpha value is -3.58. The van der Waals surface area contributed by atoms with Gasteiger partial charge >= 0.3 is 0 Å². The van der Waals surface area contributed by atoms with E-state index in [2.05, 4.69) is 33.1 Å². The molecule has 2 N–H and O–H groups in total. The third-order valence-corrected chi connectivity index (χ3v) is 8.54. The average Bonchev–Trinajstić information content (AvgIpc) is 3.31. The molecule has 3 aliphatic rings. The summed E-state index contributed by atoms with van der Waals surface area (Å²) in [5.74, 6) is -0.310. The number of nitrogens with zero attached hydrogens (tertiary/aromatic N) is 4. The predicted molar refractivity (Wildman–Crippen MR) is 142 cm³/mol. The normalized spacial score (nSPS) is 20.5. The van der Waals surface area contributed by atoms with Crippen molar-refractivity contribution in [3.63, 3.8) is 0 Å². The fourth-order valence-electron chi connectivity index (χ4n) is 6.32. The zero-order valence-corrected chi connectivity index (χ0v) is 21.3. The summed E-state index contributed by atoms with van der Waals surface area (Å²) in [5.41, 5.74) is 12.9. The van der Waals surface area contributed by atoms with E-state index < -0.39 is 5.91 Å². The maximum Gasteiger partial charge on any atom is 0.267 e. The number of likely N-dealkylation sites (tertiary alicyclic amines) is 2. The van der Waals surface area contributed by atoms with Gasteiger partial charge < -0.3 is 10.6 Å². The SMILES string of the molecule is Cc1ccc(CC(=O)N2CCC3(CC2)CN(C2CCc4cc(-c5ccc(C(N)=O)nc5)ccc42)C3)nc1. The van der Waals surface area contributed by atoms with Crippen LogP contribution >= 0.6 is 0 Å². The molecule has 1 atom stereocenters. The number of benzene rings is 1. The highest BCUT2D eigenvalue weighted by molar-refractivity contribution is 5.91. The number of primary amides is 1. The highest BCUT2D eigenvalue weighted by Crippen LogP contribution is 2.48. The summed E-state index contributed by atoms with van der Waals surface area (Å²) in [6.07, 6.45) is 8.36. The first-order valence-corrected chi connectivity index (χ1v) is 13.2. The molecule has 7 nitrogen and oxygen atoms in total. The summed E-state index contributed by atoms with van der Waals surface area (Å²) < 4.78 is 0. The molecule has 1 unspecified atom stereocenters. The number of amides is 2. The topological polar surface area (TPSA) is 92.4 Å². The smallest absolute Gasteiger partial charge is 0.267 e. The molecule has 0 bridgehead atoms. The van der Waals surface area contributed by atoms with Crippen molar-refractivity contribution >= 4 is 11.8 Å². The number of carbonyl (C=O) groups is 2. The van der Waals surface area contributed by atoms with Gasteiger partial charge in [0.1, 0.15) is 5.69 Å². The second kappa shape index (κ2) is 9.38. The number of carbonyl (C=O) groups excluding carboxylic acids is 2. The highest BCUT2D eigenvalue weighted by Gasteiger charge is 2.48. The van der Waals surface area contributed by atoms with E-state index in [1.165, 1.54) is 11.1 Å². The first-order valence-electron chi connectivity index (χ1n) is 13.2. The molecule has 2 amide bonds. The number of aromatic nitrogens is 2. The molecule has 6 rings (SSSR count). The lowest BCUT2D eigenvalue weighted by molar-refractivity contribution is -0.136. The number of aryl methyl sites for hydroxylation is 2. The van der Waals surface area contributed by atoms with Crippen molar-refractivity contribution in [2.24, 2.45) is 11.1 Å². The monoisotopic (exact) mass is 495 g/mol. The first-order chi connectivity index (χ1) is 17.9. The standard InChI is InChI=1S/C30H33N5O2/c1-20-2-6-24(32-16-20)15-28(36)34-12-10-30(11-13-34)18-35(19-30)27-9-5-22-14-21(3-7-25(22)27)23-4-8-26(29(31)37)33-17-23/h2-4,6-8,14,16-17,27H,5,9-13,15,18-19H2,1H3,(H2,31,37). The van der Waals surface area contributed by atoms with E-state index in [-0.39, 0.29) is 11.6 Å². The van der Waals surface area contributed by atoms with Crippen molar-refractivity contribution < 1.29 is 9.59 Å². The predicted octanol–water partition coefficient (Wildman–Crippen LogP) is 3.71. The van der Waals surface area contributed by atoms with Gasteiger partial charge in [-0.05, 0) is 72.4 Å². The van der Waals surface area contributed by atoms with Gasteiger partial charge in [-0.15, -0.1) is 0 Å². The summed E-state index contributed by atoms with van der Waals surface area (Å²) in [6.45, 7) is 5.97. The quantitative estimate of drug-likeness (QED) is 0.583. The van der Waals surface area contributed by atoms with Gasteiger partial charge in [0.05, 0.1) is 6.42 Å². The van der Waals surface area contributed by atoms with Crippen molar-refractivity contribution in [2.45, 2.75) is 45.1 Å². The third kappa shape index (κ3) is 4.64. The maximum atomic E-state index is 12.8. The molecule has 1 aliphatic carbocycles. The summed E-state index contributed by atoms with van der Waals surface area (Å²) in [4.78, 5) is 37.4. The van der Waals surface area contributed by atoms with Gasteiger partial charge in [-0.2, -0.15) is 0 Å². The van der Waals surface area contributed by atoms with Crippen LogP contribution in [-0.2, 0) is 17.6 Å². The van der Waals surface area contributed by atoms with Crippen LogP contribution in [0.1, 0.15) is 58.2 Å². The van der Waals surface area contributed by atoms with Gasteiger partial charge in [0.25, 0.3) is 5.91 Å². The zero-order chi connectivity index (χ0) is 25.6. The Morgan fingerprint density at radius 3 is 2.46 bits per heavy atom.